The Morgan fingerprint density at radius 2 is 1.86 bits per heavy atom. The number of carbonyl (C=O) groups is 1. The van der Waals surface area contributed by atoms with Gasteiger partial charge in [-0.15, -0.1) is 0 Å². The number of rotatable bonds is 1. The lowest BCUT2D eigenvalue weighted by Gasteiger charge is -2.36. The van der Waals surface area contributed by atoms with Crippen molar-refractivity contribution in [1.29, 1.82) is 0 Å². The van der Waals surface area contributed by atoms with E-state index in [4.69, 9.17) is 4.74 Å². The van der Waals surface area contributed by atoms with Crippen molar-refractivity contribution in [2.75, 3.05) is 7.05 Å². The molecular formula is C18H16N2O2. The molecule has 0 bridgehead atoms. The van der Waals surface area contributed by atoms with Crippen LogP contribution in [-0.4, -0.2) is 24.2 Å². The van der Waals surface area contributed by atoms with Crippen LogP contribution in [0.4, 0.5) is 0 Å². The van der Waals surface area contributed by atoms with Gasteiger partial charge in [-0.1, -0.05) is 48.5 Å². The Morgan fingerprint density at radius 3 is 2.59 bits per heavy atom. The fraction of sp³-hybridized carbons (Fsp3) is 0.222. The number of carbonyl (C=O) groups excluding carboxylic acids is 1. The van der Waals surface area contributed by atoms with E-state index in [-0.39, 0.29) is 12.0 Å². The van der Waals surface area contributed by atoms with Crippen molar-refractivity contribution >= 4 is 12.2 Å². The highest BCUT2D eigenvalue weighted by molar-refractivity contribution is 6.01. The van der Waals surface area contributed by atoms with Crippen molar-refractivity contribution < 1.29 is 9.53 Å². The first-order valence-electron chi connectivity index (χ1n) is 7.34. The van der Waals surface area contributed by atoms with E-state index in [0.717, 1.165) is 16.9 Å². The van der Waals surface area contributed by atoms with Crippen molar-refractivity contribution in [3.63, 3.8) is 0 Å². The van der Waals surface area contributed by atoms with Crippen molar-refractivity contribution in [2.45, 2.75) is 18.1 Å². The van der Waals surface area contributed by atoms with Crippen LogP contribution < -0.4 is 4.74 Å². The van der Waals surface area contributed by atoms with Crippen LogP contribution in [0, 0.1) is 0 Å². The van der Waals surface area contributed by atoms with E-state index in [1.807, 2.05) is 54.6 Å². The highest BCUT2D eigenvalue weighted by Gasteiger charge is 2.51. The van der Waals surface area contributed by atoms with Crippen LogP contribution in [-0.2, 0) is 10.3 Å². The maximum atomic E-state index is 12.8. The predicted molar refractivity (Wildman–Crippen MR) is 83.8 cm³/mol. The van der Waals surface area contributed by atoms with Crippen molar-refractivity contribution in [3.8, 4) is 5.75 Å². The minimum Gasteiger partial charge on any atom is -0.485 e. The van der Waals surface area contributed by atoms with Gasteiger partial charge in [0.05, 0.1) is 6.34 Å². The molecule has 22 heavy (non-hydrogen) atoms. The Hall–Kier alpha value is -2.62. The summed E-state index contributed by atoms with van der Waals surface area (Å²) in [5, 5.41) is 0. The number of benzene rings is 2. The van der Waals surface area contributed by atoms with Gasteiger partial charge in [-0.05, 0) is 11.6 Å². The number of hydrogen-bond acceptors (Lipinski definition) is 3. The summed E-state index contributed by atoms with van der Waals surface area (Å²) in [5.74, 6) is 0.743. The van der Waals surface area contributed by atoms with E-state index in [1.54, 1.807) is 18.3 Å². The van der Waals surface area contributed by atoms with Crippen molar-refractivity contribution in [2.24, 2.45) is 4.99 Å². The van der Waals surface area contributed by atoms with E-state index in [9.17, 15) is 4.79 Å². The minimum absolute atomic E-state index is 0.00387. The third-order valence-electron chi connectivity index (χ3n) is 4.38. The Morgan fingerprint density at radius 1 is 1.14 bits per heavy atom. The normalized spacial score (nSPS) is 26.1. The quantitative estimate of drug-likeness (QED) is 0.811. The van der Waals surface area contributed by atoms with Gasteiger partial charge in [-0.3, -0.25) is 9.79 Å². The lowest BCUT2D eigenvalue weighted by Crippen LogP contribution is -2.42. The van der Waals surface area contributed by atoms with E-state index >= 15 is 0 Å². The molecule has 4 heteroatoms. The SMILES string of the molecule is CN1C=NC2(CC(c3ccccc3)Oc3ccccc32)C1=O. The fourth-order valence-electron chi connectivity index (χ4n) is 3.25. The molecule has 0 radical (unpaired) electrons. The summed E-state index contributed by atoms with van der Waals surface area (Å²) >= 11 is 0. The van der Waals surface area contributed by atoms with E-state index < -0.39 is 5.54 Å². The minimum atomic E-state index is -0.857. The number of aliphatic imine (C=N–C) groups is 1. The molecular weight excluding hydrogens is 276 g/mol. The zero-order valence-corrected chi connectivity index (χ0v) is 12.3. The molecule has 2 aromatic carbocycles. The molecule has 2 aromatic rings. The average molecular weight is 292 g/mol. The van der Waals surface area contributed by atoms with Gasteiger partial charge >= 0.3 is 0 Å². The zero-order valence-electron chi connectivity index (χ0n) is 12.3. The number of amides is 1. The van der Waals surface area contributed by atoms with E-state index in [0.29, 0.717) is 6.42 Å². The highest BCUT2D eigenvalue weighted by atomic mass is 16.5. The standard InChI is InChI=1S/C18H16N2O2/c1-20-12-19-18(17(20)21)11-16(13-7-3-2-4-8-13)22-15-10-6-5-9-14(15)18/h2-10,12,16H,11H2,1H3. The summed E-state index contributed by atoms with van der Waals surface area (Å²) < 4.78 is 6.14. The van der Waals surface area contributed by atoms with E-state index in [1.165, 1.54) is 0 Å². The first-order valence-corrected chi connectivity index (χ1v) is 7.34. The molecule has 110 valence electrons. The van der Waals surface area contributed by atoms with Crippen molar-refractivity contribution in [1.82, 2.24) is 4.90 Å². The monoisotopic (exact) mass is 292 g/mol. The number of nitrogens with zero attached hydrogens (tertiary/aromatic N) is 2. The second-order valence-electron chi connectivity index (χ2n) is 5.74. The molecule has 2 aliphatic heterocycles. The van der Waals surface area contributed by atoms with Crippen LogP contribution in [0.1, 0.15) is 23.7 Å². The molecule has 2 heterocycles. The second-order valence-corrected chi connectivity index (χ2v) is 5.74. The van der Waals surface area contributed by atoms with Crippen molar-refractivity contribution in [3.05, 3.63) is 65.7 Å². The van der Waals surface area contributed by atoms with Crippen LogP contribution in [0.2, 0.25) is 0 Å². The largest absolute Gasteiger partial charge is 0.485 e. The third kappa shape index (κ3) is 1.77. The maximum Gasteiger partial charge on any atom is 0.260 e. The molecule has 4 rings (SSSR count). The molecule has 0 saturated carbocycles. The van der Waals surface area contributed by atoms with Gasteiger partial charge in [0, 0.05) is 19.0 Å². The van der Waals surface area contributed by atoms with Crippen LogP contribution in [0.3, 0.4) is 0 Å². The smallest absolute Gasteiger partial charge is 0.260 e. The molecule has 4 nitrogen and oxygen atoms in total. The van der Waals surface area contributed by atoms with Crippen LogP contribution >= 0.6 is 0 Å². The molecule has 0 aliphatic carbocycles. The summed E-state index contributed by atoms with van der Waals surface area (Å²) in [4.78, 5) is 18.9. The predicted octanol–water partition coefficient (Wildman–Crippen LogP) is 2.91. The Bertz CT molecular complexity index is 757. The van der Waals surface area contributed by atoms with Gasteiger partial charge < -0.3 is 9.64 Å². The van der Waals surface area contributed by atoms with Gasteiger partial charge in [-0.25, -0.2) is 0 Å². The molecule has 2 aliphatic rings. The van der Waals surface area contributed by atoms with Gasteiger partial charge in [0.2, 0.25) is 0 Å². The molecule has 0 aromatic heterocycles. The Kier molecular flexibility index (Phi) is 2.79. The summed E-state index contributed by atoms with van der Waals surface area (Å²) in [6, 6.07) is 17.7. The number of likely N-dealkylation sites (N-methyl/N-ethyl adjacent to an activating group) is 1. The maximum absolute atomic E-state index is 12.8. The number of ether oxygens (including phenoxy) is 1. The number of fused-ring (bicyclic) bond motifs is 2. The summed E-state index contributed by atoms with van der Waals surface area (Å²) in [7, 11) is 1.75. The summed E-state index contributed by atoms with van der Waals surface area (Å²) in [5.41, 5.74) is 1.06. The van der Waals surface area contributed by atoms with Crippen LogP contribution in [0.15, 0.2) is 59.6 Å². The summed E-state index contributed by atoms with van der Waals surface area (Å²) in [6.45, 7) is 0. The molecule has 2 atom stereocenters. The topological polar surface area (TPSA) is 41.9 Å². The lowest BCUT2D eigenvalue weighted by molar-refractivity contribution is -0.132. The first kappa shape index (κ1) is 13.1. The third-order valence-corrected chi connectivity index (χ3v) is 4.38. The Labute approximate surface area is 129 Å². The van der Waals surface area contributed by atoms with Gasteiger partial charge in [0.25, 0.3) is 5.91 Å². The molecule has 0 fully saturated rings. The molecule has 0 N–H and O–H groups in total. The first-order chi connectivity index (χ1) is 10.7. The fourth-order valence-corrected chi connectivity index (χ4v) is 3.25. The molecule has 2 unspecified atom stereocenters. The number of hydrogen-bond donors (Lipinski definition) is 0. The van der Waals surface area contributed by atoms with Gasteiger partial charge in [0.15, 0.2) is 5.54 Å². The zero-order chi connectivity index (χ0) is 15.2. The average Bonchev–Trinajstić information content (AvgIpc) is 2.85. The second kappa shape index (κ2) is 4.70. The Balaban J connectivity index is 1.85. The van der Waals surface area contributed by atoms with Gasteiger partial charge in [0.1, 0.15) is 11.9 Å². The summed E-state index contributed by atoms with van der Waals surface area (Å²) in [6.07, 6.45) is 1.96. The molecule has 1 amide bonds. The number of para-hydroxylation sites is 1. The van der Waals surface area contributed by atoms with Gasteiger partial charge in [-0.2, -0.15) is 0 Å². The van der Waals surface area contributed by atoms with Crippen LogP contribution in [0.25, 0.3) is 0 Å². The van der Waals surface area contributed by atoms with E-state index in [2.05, 4.69) is 4.99 Å². The lowest BCUT2D eigenvalue weighted by atomic mass is 9.80. The molecule has 0 saturated heterocycles. The highest BCUT2D eigenvalue weighted by Crippen LogP contribution is 2.48. The molecule has 1 spiro atoms. The van der Waals surface area contributed by atoms with Crippen LogP contribution in [0.5, 0.6) is 5.75 Å².